The van der Waals surface area contributed by atoms with Crippen LogP contribution in [0, 0.1) is 0 Å². The highest BCUT2D eigenvalue weighted by Crippen LogP contribution is 2.32. The van der Waals surface area contributed by atoms with Crippen molar-refractivity contribution in [3.8, 4) is 5.75 Å². The molecule has 4 nitrogen and oxygen atoms in total. The summed E-state index contributed by atoms with van der Waals surface area (Å²) in [6, 6.07) is 12.9. The summed E-state index contributed by atoms with van der Waals surface area (Å²) in [6.45, 7) is 4.70. The van der Waals surface area contributed by atoms with Crippen LogP contribution in [0.1, 0.15) is 31.3 Å². The van der Waals surface area contributed by atoms with Crippen molar-refractivity contribution in [3.05, 3.63) is 68.9 Å². The first-order valence-electron chi connectivity index (χ1n) is 8.40. The van der Waals surface area contributed by atoms with E-state index in [1.165, 1.54) is 0 Å². The van der Waals surface area contributed by atoms with E-state index in [-0.39, 0.29) is 6.10 Å². The molecule has 8 heteroatoms. The fraction of sp³-hybridized carbons (Fsp3) is 0.263. The molecule has 3 aromatic rings. The maximum Gasteiger partial charge on any atom is 0.191 e. The molecule has 1 atom stereocenters. The van der Waals surface area contributed by atoms with Gasteiger partial charge in [-0.05, 0) is 43.7 Å². The number of hydrogen-bond donors (Lipinski definition) is 0. The van der Waals surface area contributed by atoms with Gasteiger partial charge < -0.3 is 9.30 Å². The van der Waals surface area contributed by atoms with Crippen molar-refractivity contribution in [2.45, 2.75) is 37.4 Å². The monoisotopic (exact) mass is 441 g/mol. The number of halogens is 3. The molecule has 0 aliphatic carbocycles. The van der Waals surface area contributed by atoms with Gasteiger partial charge in [-0.1, -0.05) is 58.7 Å². The van der Waals surface area contributed by atoms with E-state index in [2.05, 4.69) is 17.1 Å². The van der Waals surface area contributed by atoms with E-state index in [9.17, 15) is 0 Å². The molecule has 27 heavy (non-hydrogen) atoms. The third-order valence-corrected chi connectivity index (χ3v) is 5.70. The van der Waals surface area contributed by atoms with Crippen LogP contribution < -0.4 is 4.74 Å². The predicted molar refractivity (Wildman–Crippen MR) is 112 cm³/mol. The number of nitrogens with zero attached hydrogens (tertiary/aromatic N) is 3. The number of ether oxygens (including phenoxy) is 1. The van der Waals surface area contributed by atoms with Crippen LogP contribution >= 0.6 is 46.6 Å². The van der Waals surface area contributed by atoms with Crippen LogP contribution in [-0.4, -0.2) is 14.8 Å². The van der Waals surface area contributed by atoms with Crippen LogP contribution in [0.4, 0.5) is 0 Å². The number of aromatic nitrogens is 3. The van der Waals surface area contributed by atoms with E-state index >= 15 is 0 Å². The Balaban J connectivity index is 1.75. The van der Waals surface area contributed by atoms with E-state index in [1.807, 2.05) is 35.8 Å². The molecule has 3 rings (SSSR count). The summed E-state index contributed by atoms with van der Waals surface area (Å²) in [4.78, 5) is 0. The Hall–Kier alpha value is -1.40. The van der Waals surface area contributed by atoms with Gasteiger partial charge in [0.25, 0.3) is 0 Å². The Morgan fingerprint density at radius 3 is 2.59 bits per heavy atom. The summed E-state index contributed by atoms with van der Waals surface area (Å²) in [5.41, 5.74) is 1.13. The minimum absolute atomic E-state index is 0.325. The van der Waals surface area contributed by atoms with Gasteiger partial charge in [0.2, 0.25) is 0 Å². The van der Waals surface area contributed by atoms with E-state index in [4.69, 9.17) is 39.5 Å². The average molecular weight is 443 g/mol. The van der Waals surface area contributed by atoms with Crippen LogP contribution in [0.3, 0.4) is 0 Å². The van der Waals surface area contributed by atoms with Crippen LogP contribution in [0.5, 0.6) is 5.75 Å². The van der Waals surface area contributed by atoms with Gasteiger partial charge in [0.15, 0.2) is 17.1 Å². The fourth-order valence-electron chi connectivity index (χ4n) is 2.59. The largest absolute Gasteiger partial charge is 0.481 e. The highest BCUT2D eigenvalue weighted by Gasteiger charge is 2.20. The molecule has 0 bridgehead atoms. The predicted octanol–water partition coefficient (Wildman–Crippen LogP) is 6.69. The Kier molecular flexibility index (Phi) is 6.93. The van der Waals surface area contributed by atoms with Gasteiger partial charge >= 0.3 is 0 Å². The minimum atomic E-state index is -0.325. The Labute approximate surface area is 177 Å². The number of rotatable bonds is 7. The minimum Gasteiger partial charge on any atom is -0.481 e. The number of benzene rings is 2. The van der Waals surface area contributed by atoms with Crippen molar-refractivity contribution in [3.63, 3.8) is 0 Å². The maximum atomic E-state index is 6.20. The molecule has 0 saturated carbocycles. The van der Waals surface area contributed by atoms with Crippen molar-refractivity contribution < 1.29 is 4.74 Å². The molecular weight excluding hydrogens is 425 g/mol. The van der Waals surface area contributed by atoms with Gasteiger partial charge in [-0.25, -0.2) is 0 Å². The van der Waals surface area contributed by atoms with Crippen LogP contribution in [0.2, 0.25) is 15.1 Å². The maximum absolute atomic E-state index is 6.20. The molecule has 0 saturated heterocycles. The van der Waals surface area contributed by atoms with Gasteiger partial charge in [0.05, 0.1) is 5.02 Å². The van der Waals surface area contributed by atoms with Gasteiger partial charge in [-0.3, -0.25) is 0 Å². The van der Waals surface area contributed by atoms with Crippen LogP contribution in [0.15, 0.2) is 47.6 Å². The van der Waals surface area contributed by atoms with Crippen molar-refractivity contribution >= 4 is 46.6 Å². The molecule has 1 unspecified atom stereocenters. The summed E-state index contributed by atoms with van der Waals surface area (Å²) in [7, 11) is 0. The molecular formula is C19H18Cl3N3OS. The first-order valence-corrected chi connectivity index (χ1v) is 10.5. The quantitative estimate of drug-likeness (QED) is 0.382. The summed E-state index contributed by atoms with van der Waals surface area (Å²) >= 11 is 19.9. The van der Waals surface area contributed by atoms with Crippen molar-refractivity contribution in [1.82, 2.24) is 14.8 Å². The lowest BCUT2D eigenvalue weighted by Crippen LogP contribution is -2.12. The summed E-state index contributed by atoms with van der Waals surface area (Å²) in [5, 5.41) is 11.3. The molecule has 1 heterocycles. The summed E-state index contributed by atoms with van der Waals surface area (Å²) in [6.07, 6.45) is -0.325. The molecule has 2 aromatic carbocycles. The second kappa shape index (κ2) is 9.20. The molecule has 1 aromatic heterocycles. The molecule has 0 amide bonds. The van der Waals surface area contributed by atoms with Gasteiger partial charge in [0.1, 0.15) is 5.75 Å². The van der Waals surface area contributed by atoms with E-state index in [0.717, 1.165) is 33.9 Å². The molecule has 0 radical (unpaired) electrons. The fourth-order valence-corrected chi connectivity index (χ4v) is 4.08. The summed E-state index contributed by atoms with van der Waals surface area (Å²) in [5.74, 6) is 2.02. The Morgan fingerprint density at radius 2 is 1.85 bits per heavy atom. The lowest BCUT2D eigenvalue weighted by atomic mass is 10.2. The first kappa shape index (κ1) is 20.3. The van der Waals surface area contributed by atoms with Gasteiger partial charge in [-0.2, -0.15) is 0 Å². The smallest absolute Gasteiger partial charge is 0.191 e. The summed E-state index contributed by atoms with van der Waals surface area (Å²) < 4.78 is 8.02. The second-order valence-corrected chi connectivity index (χ2v) is 8.06. The third kappa shape index (κ3) is 5.11. The molecule has 0 fully saturated rings. The highest BCUT2D eigenvalue weighted by molar-refractivity contribution is 7.98. The average Bonchev–Trinajstić information content (AvgIpc) is 3.06. The Morgan fingerprint density at radius 1 is 1.07 bits per heavy atom. The zero-order valence-corrected chi connectivity index (χ0v) is 17.9. The standard InChI is InChI=1S/C19H18Cl3N3OS/c1-3-25-18(12(2)26-17-10-15(21)7-8-16(17)22)23-24-19(25)27-11-13-5-4-6-14(20)9-13/h4-10,12H,3,11H2,1-2H3. The van der Waals surface area contributed by atoms with E-state index in [1.54, 1.807) is 30.0 Å². The molecule has 142 valence electrons. The highest BCUT2D eigenvalue weighted by atomic mass is 35.5. The van der Waals surface area contributed by atoms with Gasteiger partial charge in [0, 0.05) is 28.4 Å². The molecule has 0 aliphatic heterocycles. The van der Waals surface area contributed by atoms with E-state index < -0.39 is 0 Å². The van der Waals surface area contributed by atoms with Gasteiger partial charge in [-0.15, -0.1) is 10.2 Å². The topological polar surface area (TPSA) is 39.9 Å². The zero-order valence-electron chi connectivity index (χ0n) is 14.8. The second-order valence-electron chi connectivity index (χ2n) is 5.84. The molecule has 0 N–H and O–H groups in total. The Bertz CT molecular complexity index is 932. The van der Waals surface area contributed by atoms with E-state index in [0.29, 0.717) is 15.8 Å². The number of thioether (sulfide) groups is 1. The normalized spacial score (nSPS) is 12.2. The SMILES string of the molecule is CCn1c(SCc2cccc(Cl)c2)nnc1C(C)Oc1cc(Cl)ccc1Cl. The lowest BCUT2D eigenvalue weighted by Gasteiger charge is -2.16. The van der Waals surface area contributed by atoms with Crippen LogP contribution in [0.25, 0.3) is 0 Å². The molecule has 0 spiro atoms. The number of hydrogen-bond acceptors (Lipinski definition) is 4. The zero-order chi connectivity index (χ0) is 19.4. The van der Waals surface area contributed by atoms with Crippen molar-refractivity contribution in [2.24, 2.45) is 0 Å². The van der Waals surface area contributed by atoms with Crippen LogP contribution in [-0.2, 0) is 12.3 Å². The molecule has 0 aliphatic rings. The lowest BCUT2D eigenvalue weighted by molar-refractivity contribution is 0.210. The first-order chi connectivity index (χ1) is 13.0. The van der Waals surface area contributed by atoms with Crippen molar-refractivity contribution in [1.29, 1.82) is 0 Å². The third-order valence-electron chi connectivity index (χ3n) is 3.88. The van der Waals surface area contributed by atoms with Crippen molar-refractivity contribution in [2.75, 3.05) is 0 Å².